The monoisotopic (exact) mass is 631 g/mol. The fourth-order valence-corrected chi connectivity index (χ4v) is 6.92. The molecule has 1 aromatic carbocycles. The number of nitrogens with one attached hydrogen (secondary N) is 2. The summed E-state index contributed by atoms with van der Waals surface area (Å²) >= 11 is 0. The summed E-state index contributed by atoms with van der Waals surface area (Å²) in [5, 5.41) is 11.9. The third-order valence-corrected chi connectivity index (χ3v) is 9.33. The van der Waals surface area contributed by atoms with E-state index in [1.807, 2.05) is 33.8 Å². The number of ether oxygens (including phenoxy) is 2. The van der Waals surface area contributed by atoms with Crippen molar-refractivity contribution in [3.8, 4) is 0 Å². The lowest BCUT2D eigenvalue weighted by Crippen LogP contribution is -2.56. The third kappa shape index (κ3) is 7.29. The Morgan fingerprint density at radius 1 is 1.09 bits per heavy atom. The van der Waals surface area contributed by atoms with E-state index in [0.717, 1.165) is 68.6 Å². The van der Waals surface area contributed by atoms with E-state index in [2.05, 4.69) is 77.8 Å². The third-order valence-electron chi connectivity index (χ3n) is 9.33. The van der Waals surface area contributed by atoms with Crippen molar-refractivity contribution in [1.82, 2.24) is 34.3 Å². The number of likely N-dealkylation sites (tertiary alicyclic amines) is 1. The number of amides is 1. The Morgan fingerprint density at radius 3 is 2.50 bits per heavy atom. The quantitative estimate of drug-likeness (QED) is 0.264. The minimum atomic E-state index is -0.159. The highest BCUT2D eigenvalue weighted by Crippen LogP contribution is 2.38. The maximum absolute atomic E-state index is 13.3. The normalized spacial score (nSPS) is 22.6. The average molecular weight is 632 g/mol. The highest BCUT2D eigenvalue weighted by atomic mass is 16.6. The topological polar surface area (TPSA) is 112 Å². The van der Waals surface area contributed by atoms with Crippen LogP contribution in [0.2, 0.25) is 0 Å². The minimum Gasteiger partial charge on any atom is -0.443 e. The van der Waals surface area contributed by atoms with Gasteiger partial charge in [0.25, 0.3) is 0 Å². The van der Waals surface area contributed by atoms with Crippen LogP contribution in [-0.2, 0) is 9.47 Å². The van der Waals surface area contributed by atoms with Crippen molar-refractivity contribution in [2.24, 2.45) is 0 Å². The molecule has 248 valence electrons. The van der Waals surface area contributed by atoms with E-state index in [0.29, 0.717) is 18.5 Å². The van der Waals surface area contributed by atoms with Crippen LogP contribution in [-0.4, -0.2) is 119 Å². The molecule has 3 aromatic rings. The van der Waals surface area contributed by atoms with E-state index >= 15 is 0 Å². The van der Waals surface area contributed by atoms with Gasteiger partial charge in [-0.2, -0.15) is 19.6 Å². The van der Waals surface area contributed by atoms with Gasteiger partial charge in [0.1, 0.15) is 6.10 Å². The van der Waals surface area contributed by atoms with Gasteiger partial charge in [0, 0.05) is 57.0 Å². The van der Waals surface area contributed by atoms with Gasteiger partial charge < -0.3 is 29.9 Å². The number of nitrogens with zero attached hydrogens (tertiary/aromatic N) is 7. The number of benzene rings is 1. The SMILES string of the molecule is COC[C@H](Nc1nc(NC2CC3CCC(C2)N3C(=O)OC2CN(C/C=C/CN(C)C)C2)n2ncc(C(C)C)c2n1)c1ccccc1. The Morgan fingerprint density at radius 2 is 1.83 bits per heavy atom. The molecule has 0 radical (unpaired) electrons. The Labute approximate surface area is 272 Å². The first-order valence-corrected chi connectivity index (χ1v) is 16.6. The lowest BCUT2D eigenvalue weighted by molar-refractivity contribution is -0.0306. The summed E-state index contributed by atoms with van der Waals surface area (Å²) in [6, 6.07) is 10.5. The number of aromatic nitrogens is 4. The van der Waals surface area contributed by atoms with Gasteiger partial charge >= 0.3 is 6.09 Å². The second-order valence-electron chi connectivity index (χ2n) is 13.5. The van der Waals surface area contributed by atoms with Crippen LogP contribution in [0.4, 0.5) is 16.7 Å². The molecule has 6 rings (SSSR count). The van der Waals surface area contributed by atoms with Crippen molar-refractivity contribution in [2.45, 2.75) is 75.7 Å². The van der Waals surface area contributed by atoms with Gasteiger partial charge in [-0.3, -0.25) is 4.90 Å². The van der Waals surface area contributed by atoms with E-state index in [-0.39, 0.29) is 42.3 Å². The molecule has 3 saturated heterocycles. The second-order valence-corrected chi connectivity index (χ2v) is 13.5. The number of rotatable bonds is 13. The fraction of sp³-hybridized carbons (Fsp3) is 0.588. The summed E-state index contributed by atoms with van der Waals surface area (Å²) < 4.78 is 13.3. The van der Waals surface area contributed by atoms with Crippen LogP contribution in [0, 0.1) is 0 Å². The average Bonchev–Trinajstić information content (AvgIpc) is 3.56. The van der Waals surface area contributed by atoms with Crippen molar-refractivity contribution in [1.29, 1.82) is 0 Å². The van der Waals surface area contributed by atoms with Crippen LogP contribution in [0.5, 0.6) is 0 Å². The van der Waals surface area contributed by atoms with Crippen molar-refractivity contribution in [3.63, 3.8) is 0 Å². The lowest BCUT2D eigenvalue weighted by atomic mass is 9.98. The van der Waals surface area contributed by atoms with Crippen LogP contribution >= 0.6 is 0 Å². The first-order chi connectivity index (χ1) is 22.3. The van der Waals surface area contributed by atoms with Crippen LogP contribution in [0.1, 0.15) is 62.6 Å². The number of carbonyl (C=O) groups is 1. The molecule has 3 aliphatic rings. The standard InChI is InChI=1S/C34H49N9O3/c1-23(2)29-19-35-43-31(29)38-32(37-30(22-45-5)24-11-7-6-8-12-24)39-33(43)36-25-17-26-13-14-27(18-25)42(26)34(44)46-28-20-41(21-28)16-10-9-15-40(3)4/h6-12,19,23,25-28,30H,13-18,20-22H2,1-5H3,(H2,36,37,38,39)/b10-9+/t25?,26?,27?,30-/m0/s1. The van der Waals surface area contributed by atoms with E-state index in [1.165, 1.54) is 0 Å². The zero-order chi connectivity index (χ0) is 32.2. The number of hydrogen-bond donors (Lipinski definition) is 2. The molecule has 12 heteroatoms. The summed E-state index contributed by atoms with van der Waals surface area (Å²) in [7, 11) is 5.82. The molecule has 2 unspecified atom stereocenters. The first-order valence-electron chi connectivity index (χ1n) is 16.6. The zero-order valence-corrected chi connectivity index (χ0v) is 27.8. The summed E-state index contributed by atoms with van der Waals surface area (Å²) in [6.45, 7) is 8.19. The molecule has 0 spiro atoms. The maximum Gasteiger partial charge on any atom is 0.410 e. The van der Waals surface area contributed by atoms with Gasteiger partial charge in [0.05, 0.1) is 18.8 Å². The van der Waals surface area contributed by atoms with E-state index in [9.17, 15) is 4.79 Å². The maximum atomic E-state index is 13.3. The van der Waals surface area contributed by atoms with Gasteiger partial charge in [0.15, 0.2) is 5.65 Å². The second kappa shape index (κ2) is 14.4. The molecular formula is C34H49N9O3. The molecular weight excluding hydrogens is 582 g/mol. The Bertz CT molecular complexity index is 1470. The van der Waals surface area contributed by atoms with Crippen molar-refractivity contribution < 1.29 is 14.3 Å². The molecule has 5 heterocycles. The Balaban J connectivity index is 1.11. The number of piperidine rings is 1. The van der Waals surface area contributed by atoms with Gasteiger partial charge in [-0.05, 0) is 51.3 Å². The summed E-state index contributed by atoms with van der Waals surface area (Å²) in [4.78, 5) is 29.6. The van der Waals surface area contributed by atoms with Gasteiger partial charge in [0.2, 0.25) is 11.9 Å². The van der Waals surface area contributed by atoms with Crippen molar-refractivity contribution in [2.75, 3.05) is 64.6 Å². The smallest absolute Gasteiger partial charge is 0.410 e. The molecule has 3 aliphatic heterocycles. The van der Waals surface area contributed by atoms with Crippen molar-refractivity contribution >= 4 is 23.6 Å². The van der Waals surface area contributed by atoms with Crippen LogP contribution in [0.15, 0.2) is 48.7 Å². The molecule has 1 amide bonds. The molecule has 3 atom stereocenters. The molecule has 3 fully saturated rings. The number of likely N-dealkylation sites (N-methyl/N-ethyl adjacent to an activating group) is 1. The van der Waals surface area contributed by atoms with Gasteiger partial charge in [-0.1, -0.05) is 56.3 Å². The first kappa shape index (κ1) is 32.2. The highest BCUT2D eigenvalue weighted by molar-refractivity contribution is 5.69. The number of carbonyl (C=O) groups excluding carboxylic acids is 1. The molecule has 12 nitrogen and oxygen atoms in total. The van der Waals surface area contributed by atoms with Crippen LogP contribution in [0.25, 0.3) is 5.65 Å². The van der Waals surface area contributed by atoms with Crippen LogP contribution in [0.3, 0.4) is 0 Å². The molecule has 0 aliphatic carbocycles. The predicted octanol–water partition coefficient (Wildman–Crippen LogP) is 4.39. The number of fused-ring (bicyclic) bond motifs is 3. The summed E-state index contributed by atoms with van der Waals surface area (Å²) in [5.74, 6) is 1.43. The van der Waals surface area contributed by atoms with Crippen molar-refractivity contribution in [3.05, 3.63) is 59.8 Å². The van der Waals surface area contributed by atoms with Gasteiger partial charge in [-0.15, -0.1) is 0 Å². The fourth-order valence-electron chi connectivity index (χ4n) is 6.92. The highest BCUT2D eigenvalue weighted by Gasteiger charge is 2.45. The van der Waals surface area contributed by atoms with Gasteiger partial charge in [-0.25, -0.2) is 4.79 Å². The van der Waals surface area contributed by atoms with E-state index < -0.39 is 0 Å². The van der Waals surface area contributed by atoms with E-state index in [1.54, 1.807) is 7.11 Å². The number of methoxy groups -OCH3 is 1. The Hall–Kier alpha value is -3.74. The minimum absolute atomic E-state index is 0.0296. The summed E-state index contributed by atoms with van der Waals surface area (Å²) in [5.41, 5.74) is 2.95. The Kier molecular flexibility index (Phi) is 10.1. The number of anilines is 2. The molecule has 2 N–H and O–H groups in total. The molecule has 0 saturated carbocycles. The predicted molar refractivity (Wildman–Crippen MR) is 179 cm³/mol. The molecule has 2 bridgehead atoms. The summed E-state index contributed by atoms with van der Waals surface area (Å²) in [6.07, 6.45) is 9.72. The van der Waals surface area contributed by atoms with E-state index in [4.69, 9.17) is 19.4 Å². The zero-order valence-electron chi connectivity index (χ0n) is 27.8. The largest absolute Gasteiger partial charge is 0.443 e. The number of hydrogen-bond acceptors (Lipinski definition) is 10. The lowest BCUT2D eigenvalue weighted by Gasteiger charge is -2.42. The molecule has 2 aromatic heterocycles. The molecule has 46 heavy (non-hydrogen) atoms. The van der Waals surface area contributed by atoms with Crippen LogP contribution < -0.4 is 10.6 Å².